The van der Waals surface area contributed by atoms with Gasteiger partial charge in [0.25, 0.3) is 0 Å². The summed E-state index contributed by atoms with van der Waals surface area (Å²) in [7, 11) is 3.01. The lowest BCUT2D eigenvalue weighted by Crippen LogP contribution is -2.47. The van der Waals surface area contributed by atoms with Gasteiger partial charge in [-0.2, -0.15) is 0 Å². The molecule has 1 heterocycles. The van der Waals surface area contributed by atoms with Gasteiger partial charge < -0.3 is 19.4 Å². The van der Waals surface area contributed by atoms with Gasteiger partial charge in [0, 0.05) is 18.7 Å². The fourth-order valence-electron chi connectivity index (χ4n) is 2.84. The molecule has 5 nitrogen and oxygen atoms in total. The van der Waals surface area contributed by atoms with E-state index in [0.717, 1.165) is 10.0 Å². The van der Waals surface area contributed by atoms with Crippen LogP contribution in [0.15, 0.2) is 58.2 Å². The molecule has 1 aliphatic rings. The van der Waals surface area contributed by atoms with E-state index in [1.807, 2.05) is 48.5 Å². The van der Waals surface area contributed by atoms with Gasteiger partial charge in [-0.1, -0.05) is 51.4 Å². The summed E-state index contributed by atoms with van der Waals surface area (Å²) in [5.74, 6) is -0.717. The molecule has 0 saturated carbocycles. The van der Waals surface area contributed by atoms with Gasteiger partial charge in [0.2, 0.25) is 5.79 Å². The van der Waals surface area contributed by atoms with Crippen molar-refractivity contribution in [2.24, 2.45) is 5.16 Å². The Kier molecular flexibility index (Phi) is 4.39. The third-order valence-electron chi connectivity index (χ3n) is 3.91. The molecule has 0 bridgehead atoms. The number of nitrogens with zero attached hydrogens (tertiary/aromatic N) is 1. The van der Waals surface area contributed by atoms with Crippen LogP contribution in [0.4, 0.5) is 0 Å². The Morgan fingerprint density at radius 3 is 2.43 bits per heavy atom. The lowest BCUT2D eigenvalue weighted by Gasteiger charge is -2.40. The van der Waals surface area contributed by atoms with E-state index in [4.69, 9.17) is 14.2 Å². The molecule has 2 aromatic carbocycles. The van der Waals surface area contributed by atoms with Crippen LogP contribution >= 0.6 is 15.9 Å². The number of halogens is 1. The van der Waals surface area contributed by atoms with Crippen LogP contribution in [0.2, 0.25) is 0 Å². The maximum atomic E-state index is 9.65. The smallest absolute Gasteiger partial charge is 0.246 e. The summed E-state index contributed by atoms with van der Waals surface area (Å²) in [6.45, 7) is 0. The minimum Gasteiger partial charge on any atom is -0.479 e. The highest BCUT2D eigenvalue weighted by molar-refractivity contribution is 9.10. The average Bonchev–Trinajstić information content (AvgIpc) is 2.61. The number of oxime groups is 1. The van der Waals surface area contributed by atoms with Gasteiger partial charge in [0.1, 0.15) is 5.75 Å². The summed E-state index contributed by atoms with van der Waals surface area (Å²) < 4.78 is 18.2. The van der Waals surface area contributed by atoms with Crippen molar-refractivity contribution < 1.29 is 19.4 Å². The normalized spacial score (nSPS) is 20.8. The van der Waals surface area contributed by atoms with Crippen molar-refractivity contribution in [1.29, 1.82) is 0 Å². The number of fused-ring (bicyclic) bond motifs is 1. The molecular formula is C17H16BrNO4. The Morgan fingerprint density at radius 1 is 1.13 bits per heavy atom. The van der Waals surface area contributed by atoms with E-state index in [1.54, 1.807) is 0 Å². The van der Waals surface area contributed by atoms with Crippen molar-refractivity contribution in [3.05, 3.63) is 64.1 Å². The van der Waals surface area contributed by atoms with E-state index >= 15 is 0 Å². The molecule has 1 unspecified atom stereocenters. The van der Waals surface area contributed by atoms with Crippen LogP contribution in [-0.2, 0) is 15.3 Å². The van der Waals surface area contributed by atoms with E-state index in [1.165, 1.54) is 14.2 Å². The molecule has 0 spiro atoms. The zero-order valence-electron chi connectivity index (χ0n) is 12.7. The second kappa shape index (κ2) is 6.31. The van der Waals surface area contributed by atoms with Gasteiger partial charge in [0.05, 0.1) is 5.56 Å². The Morgan fingerprint density at radius 2 is 1.83 bits per heavy atom. The molecule has 0 amide bonds. The first-order chi connectivity index (χ1) is 11.2. The molecule has 2 aromatic rings. The molecule has 23 heavy (non-hydrogen) atoms. The van der Waals surface area contributed by atoms with Gasteiger partial charge in [-0.15, -0.1) is 0 Å². The highest BCUT2D eigenvalue weighted by atomic mass is 79.9. The van der Waals surface area contributed by atoms with Gasteiger partial charge in [-0.3, -0.25) is 0 Å². The number of benzene rings is 2. The Hall–Kier alpha value is -1.89. The average molecular weight is 378 g/mol. The first kappa shape index (κ1) is 16.0. The first-order valence-electron chi connectivity index (χ1n) is 7.00. The Balaban J connectivity index is 2.23. The summed E-state index contributed by atoms with van der Waals surface area (Å²) >= 11 is 3.43. The Bertz CT molecular complexity index is 729. The van der Waals surface area contributed by atoms with Gasteiger partial charge in [-0.05, 0) is 23.8 Å². The molecule has 1 atom stereocenters. The molecule has 0 aliphatic carbocycles. The van der Waals surface area contributed by atoms with E-state index in [-0.39, 0.29) is 5.71 Å². The fourth-order valence-corrected chi connectivity index (χ4v) is 3.20. The summed E-state index contributed by atoms with van der Waals surface area (Å²) in [5.41, 5.74) is 1.71. The van der Waals surface area contributed by atoms with Crippen molar-refractivity contribution in [3.8, 4) is 5.75 Å². The number of hydrogen-bond acceptors (Lipinski definition) is 5. The second-order valence-electron chi connectivity index (χ2n) is 5.06. The predicted octanol–water partition coefficient (Wildman–Crippen LogP) is 3.86. The quantitative estimate of drug-likeness (QED) is 0.501. The summed E-state index contributed by atoms with van der Waals surface area (Å²) in [4.78, 5) is 0. The van der Waals surface area contributed by atoms with Crippen LogP contribution < -0.4 is 4.74 Å². The zero-order valence-corrected chi connectivity index (χ0v) is 14.3. The third-order valence-corrected chi connectivity index (χ3v) is 4.40. The molecule has 0 saturated heterocycles. The Labute approximate surface area is 142 Å². The molecule has 120 valence electrons. The molecule has 0 radical (unpaired) electrons. The molecular weight excluding hydrogens is 362 g/mol. The number of methoxy groups -OCH3 is 2. The summed E-state index contributed by atoms with van der Waals surface area (Å²) in [6.07, 6.45) is -0.616. The molecule has 1 aliphatic heterocycles. The highest BCUT2D eigenvalue weighted by Crippen LogP contribution is 2.46. The first-order valence-corrected chi connectivity index (χ1v) is 7.80. The topological polar surface area (TPSA) is 60.3 Å². The van der Waals surface area contributed by atoms with Gasteiger partial charge in [0.15, 0.2) is 11.8 Å². The van der Waals surface area contributed by atoms with Crippen molar-refractivity contribution in [3.63, 3.8) is 0 Å². The van der Waals surface area contributed by atoms with Crippen molar-refractivity contribution in [1.82, 2.24) is 0 Å². The molecule has 1 N–H and O–H groups in total. The maximum absolute atomic E-state index is 9.65. The fraction of sp³-hybridized carbons (Fsp3) is 0.235. The molecule has 3 rings (SSSR count). The van der Waals surface area contributed by atoms with Gasteiger partial charge >= 0.3 is 0 Å². The van der Waals surface area contributed by atoms with Crippen LogP contribution in [-0.4, -0.2) is 25.1 Å². The van der Waals surface area contributed by atoms with E-state index in [9.17, 15) is 5.21 Å². The van der Waals surface area contributed by atoms with Crippen LogP contribution in [0, 0.1) is 0 Å². The monoisotopic (exact) mass is 377 g/mol. The van der Waals surface area contributed by atoms with Crippen molar-refractivity contribution in [2.75, 3.05) is 14.2 Å². The maximum Gasteiger partial charge on any atom is 0.246 e. The zero-order chi connectivity index (χ0) is 16.4. The summed E-state index contributed by atoms with van der Waals surface area (Å²) in [5, 5.41) is 13.1. The third kappa shape index (κ3) is 2.52. The lowest BCUT2D eigenvalue weighted by molar-refractivity contribution is -0.172. The molecule has 6 heteroatoms. The lowest BCUT2D eigenvalue weighted by atomic mass is 9.89. The minimum atomic E-state index is -1.33. The van der Waals surface area contributed by atoms with Crippen LogP contribution in [0.5, 0.6) is 5.75 Å². The molecule has 0 aromatic heterocycles. The van der Waals surface area contributed by atoms with E-state index in [2.05, 4.69) is 21.1 Å². The number of hydrogen-bond donors (Lipinski definition) is 1. The highest BCUT2D eigenvalue weighted by Gasteiger charge is 2.50. The summed E-state index contributed by atoms with van der Waals surface area (Å²) in [6, 6.07) is 15.0. The van der Waals surface area contributed by atoms with Gasteiger partial charge in [-0.25, -0.2) is 0 Å². The van der Waals surface area contributed by atoms with Crippen LogP contribution in [0.25, 0.3) is 0 Å². The number of ether oxygens (including phenoxy) is 3. The number of rotatable bonds is 3. The van der Waals surface area contributed by atoms with E-state index < -0.39 is 11.9 Å². The SMILES string of the molecule is COC1(OC)C(=NO)C(c2ccccc2)Oc2ccc(Br)cc21. The van der Waals surface area contributed by atoms with Crippen LogP contribution in [0.1, 0.15) is 17.2 Å². The standard InChI is InChI=1S/C17H16BrNO4/c1-21-17(22-2)13-10-12(18)8-9-14(13)23-15(16(17)19-20)11-6-4-3-5-7-11/h3-10,15,20H,1-2H3. The largest absolute Gasteiger partial charge is 0.479 e. The van der Waals surface area contributed by atoms with E-state index in [0.29, 0.717) is 11.3 Å². The van der Waals surface area contributed by atoms with Crippen molar-refractivity contribution in [2.45, 2.75) is 11.9 Å². The molecule has 0 fully saturated rings. The van der Waals surface area contributed by atoms with Crippen LogP contribution in [0.3, 0.4) is 0 Å². The predicted molar refractivity (Wildman–Crippen MR) is 88.9 cm³/mol. The minimum absolute atomic E-state index is 0.235. The second-order valence-corrected chi connectivity index (χ2v) is 5.97. The van der Waals surface area contributed by atoms with Crippen molar-refractivity contribution >= 4 is 21.6 Å².